The lowest BCUT2D eigenvalue weighted by molar-refractivity contribution is -0.670. The van der Waals surface area contributed by atoms with Crippen LogP contribution in [-0.4, -0.2) is 63.7 Å². The SMILES string of the molecule is CC(=O)NC1C(Oc2ccc(-[n+]3cc(N)on3)cc2)OC(CO)C(O)C1O. The summed E-state index contributed by atoms with van der Waals surface area (Å²) >= 11 is 0. The lowest BCUT2D eigenvalue weighted by Gasteiger charge is -2.42. The number of aromatic nitrogens is 2. The second-order valence-electron chi connectivity index (χ2n) is 6.09. The van der Waals surface area contributed by atoms with E-state index < -0.39 is 43.2 Å². The smallest absolute Gasteiger partial charge is 0.293 e. The molecule has 11 heteroatoms. The van der Waals surface area contributed by atoms with Crippen molar-refractivity contribution in [2.75, 3.05) is 12.3 Å². The predicted octanol–water partition coefficient (Wildman–Crippen LogP) is -2.14. The monoisotopic (exact) mass is 381 g/mol. The molecule has 1 amide bonds. The summed E-state index contributed by atoms with van der Waals surface area (Å²) in [4.78, 5) is 11.4. The van der Waals surface area contributed by atoms with Crippen LogP contribution < -0.4 is 20.5 Å². The summed E-state index contributed by atoms with van der Waals surface area (Å²) < 4.78 is 17.4. The third kappa shape index (κ3) is 4.17. The van der Waals surface area contributed by atoms with Crippen molar-refractivity contribution in [2.45, 2.75) is 37.6 Å². The number of benzene rings is 1. The number of hydrogen-bond acceptors (Lipinski definition) is 9. The number of rotatable bonds is 5. The Balaban J connectivity index is 1.77. The minimum absolute atomic E-state index is 0.159. The first-order chi connectivity index (χ1) is 12.9. The summed E-state index contributed by atoms with van der Waals surface area (Å²) in [5.74, 6) is 0.101. The highest BCUT2D eigenvalue weighted by molar-refractivity contribution is 5.73. The summed E-state index contributed by atoms with van der Waals surface area (Å²) in [5.41, 5.74) is 6.15. The number of nitrogens with two attached hydrogens (primary N) is 1. The summed E-state index contributed by atoms with van der Waals surface area (Å²) in [6.07, 6.45) is -3.43. The van der Waals surface area contributed by atoms with E-state index in [1.807, 2.05) is 0 Å². The maximum atomic E-state index is 11.4. The molecule has 0 saturated carbocycles. The molecule has 1 saturated heterocycles. The number of aliphatic hydroxyl groups is 3. The van der Waals surface area contributed by atoms with Gasteiger partial charge < -0.3 is 35.8 Å². The van der Waals surface area contributed by atoms with E-state index in [1.165, 1.54) is 17.8 Å². The maximum absolute atomic E-state index is 11.4. The first-order valence-corrected chi connectivity index (χ1v) is 8.20. The molecule has 0 spiro atoms. The first-order valence-electron chi connectivity index (χ1n) is 8.20. The Hall–Kier alpha value is -2.73. The minimum Gasteiger partial charge on any atom is -0.463 e. The van der Waals surface area contributed by atoms with E-state index in [1.54, 1.807) is 24.3 Å². The third-order valence-electron chi connectivity index (χ3n) is 4.09. The van der Waals surface area contributed by atoms with Gasteiger partial charge >= 0.3 is 0 Å². The summed E-state index contributed by atoms with van der Waals surface area (Å²) in [6.45, 7) is 0.748. The van der Waals surface area contributed by atoms with Crippen LogP contribution in [0.15, 0.2) is 35.0 Å². The molecule has 11 nitrogen and oxygen atoms in total. The van der Waals surface area contributed by atoms with E-state index in [4.69, 9.17) is 19.7 Å². The van der Waals surface area contributed by atoms with Crippen LogP contribution in [-0.2, 0) is 9.53 Å². The second-order valence-corrected chi connectivity index (χ2v) is 6.09. The molecular formula is C16H21N4O7+. The molecular weight excluding hydrogens is 360 g/mol. The minimum atomic E-state index is -1.38. The van der Waals surface area contributed by atoms with Crippen molar-refractivity contribution in [3.63, 3.8) is 0 Å². The molecule has 2 aromatic rings. The lowest BCUT2D eigenvalue weighted by atomic mass is 9.97. The van der Waals surface area contributed by atoms with Gasteiger partial charge in [0.05, 0.1) is 6.61 Å². The Morgan fingerprint density at radius 1 is 1.33 bits per heavy atom. The van der Waals surface area contributed by atoms with Crippen molar-refractivity contribution in [1.82, 2.24) is 10.6 Å². The van der Waals surface area contributed by atoms with E-state index in [0.717, 1.165) is 0 Å². The molecule has 1 aliphatic rings. The van der Waals surface area contributed by atoms with Crippen LogP contribution >= 0.6 is 0 Å². The zero-order chi connectivity index (χ0) is 19.6. The number of amides is 1. The normalized spacial score (nSPS) is 27.9. The van der Waals surface area contributed by atoms with Gasteiger partial charge in [-0.25, -0.2) is 0 Å². The van der Waals surface area contributed by atoms with Gasteiger partial charge in [-0.15, -0.1) is 0 Å². The number of nitrogen functional groups attached to an aromatic ring is 1. The molecule has 1 aromatic carbocycles. The highest BCUT2D eigenvalue weighted by Gasteiger charge is 2.46. The summed E-state index contributed by atoms with van der Waals surface area (Å²) in [6, 6.07) is 5.58. The van der Waals surface area contributed by atoms with Crippen LogP contribution in [0, 0.1) is 0 Å². The number of nitrogens with one attached hydrogen (secondary N) is 1. The standard InChI is InChI=1S/C16H20N4O7/c1-8(22)18-13-15(24)14(23)11(7-21)26-16(13)25-10-4-2-9(3-5-10)20-6-12(17)27-19-20/h2-6,11,13-16,21,23-24H,7H2,1H3,(H2-,17,18,19,22)/p+1. The molecule has 5 atom stereocenters. The van der Waals surface area contributed by atoms with Gasteiger partial charge in [0.2, 0.25) is 23.2 Å². The second kappa shape index (κ2) is 7.88. The fraction of sp³-hybridized carbons (Fsp3) is 0.438. The highest BCUT2D eigenvalue weighted by atomic mass is 16.7. The van der Waals surface area contributed by atoms with Crippen molar-refractivity contribution < 1.29 is 38.8 Å². The van der Waals surface area contributed by atoms with Crippen LogP contribution in [0.4, 0.5) is 5.88 Å². The van der Waals surface area contributed by atoms with E-state index in [-0.39, 0.29) is 5.88 Å². The third-order valence-corrected chi connectivity index (χ3v) is 4.09. The van der Waals surface area contributed by atoms with Crippen molar-refractivity contribution in [1.29, 1.82) is 0 Å². The molecule has 146 valence electrons. The van der Waals surface area contributed by atoms with Crippen LogP contribution in [0.2, 0.25) is 0 Å². The number of carbonyl (C=O) groups excluding carboxylic acids is 1. The predicted molar refractivity (Wildman–Crippen MR) is 88.4 cm³/mol. The average molecular weight is 381 g/mol. The van der Waals surface area contributed by atoms with Gasteiger partial charge in [-0.2, -0.15) is 0 Å². The molecule has 1 aromatic heterocycles. The van der Waals surface area contributed by atoms with Gasteiger partial charge in [0.15, 0.2) is 0 Å². The Labute approximate surface area is 153 Å². The van der Waals surface area contributed by atoms with Crippen LogP contribution in [0.25, 0.3) is 5.69 Å². The molecule has 1 aliphatic heterocycles. The van der Waals surface area contributed by atoms with Crippen molar-refractivity contribution in [2.24, 2.45) is 0 Å². The van der Waals surface area contributed by atoms with Crippen LogP contribution in [0.3, 0.4) is 0 Å². The highest BCUT2D eigenvalue weighted by Crippen LogP contribution is 2.24. The number of hydrogen-bond donors (Lipinski definition) is 5. The zero-order valence-corrected chi connectivity index (χ0v) is 14.4. The largest absolute Gasteiger partial charge is 0.463 e. The Morgan fingerprint density at radius 2 is 2.04 bits per heavy atom. The molecule has 27 heavy (non-hydrogen) atoms. The Kier molecular flexibility index (Phi) is 5.56. The molecule has 2 heterocycles. The molecule has 1 fully saturated rings. The van der Waals surface area contributed by atoms with Crippen molar-refractivity contribution in [3.8, 4) is 11.4 Å². The number of carbonyl (C=O) groups is 1. The molecule has 0 radical (unpaired) electrons. The number of nitrogens with zero attached hydrogens (tertiary/aromatic N) is 2. The molecule has 0 bridgehead atoms. The zero-order valence-electron chi connectivity index (χ0n) is 14.4. The van der Waals surface area contributed by atoms with E-state index >= 15 is 0 Å². The quantitative estimate of drug-likeness (QED) is 0.363. The molecule has 0 aliphatic carbocycles. The Bertz CT molecular complexity index is 781. The van der Waals surface area contributed by atoms with Crippen molar-refractivity contribution in [3.05, 3.63) is 30.5 Å². The van der Waals surface area contributed by atoms with Gasteiger partial charge in [-0.1, -0.05) is 0 Å². The lowest BCUT2D eigenvalue weighted by Crippen LogP contribution is -2.65. The van der Waals surface area contributed by atoms with Gasteiger partial charge in [0.25, 0.3) is 12.1 Å². The van der Waals surface area contributed by atoms with Crippen LogP contribution in [0.5, 0.6) is 5.75 Å². The summed E-state index contributed by atoms with van der Waals surface area (Å²) in [7, 11) is 0. The number of ether oxygens (including phenoxy) is 2. The molecule has 5 unspecified atom stereocenters. The van der Waals surface area contributed by atoms with Crippen LogP contribution in [0.1, 0.15) is 6.92 Å². The summed E-state index contributed by atoms with van der Waals surface area (Å²) in [5, 5.41) is 35.8. The Morgan fingerprint density at radius 3 is 2.59 bits per heavy atom. The molecule has 6 N–H and O–H groups in total. The fourth-order valence-electron chi connectivity index (χ4n) is 2.76. The van der Waals surface area contributed by atoms with E-state index in [0.29, 0.717) is 11.4 Å². The first kappa shape index (κ1) is 19.0. The van der Waals surface area contributed by atoms with Gasteiger partial charge in [0, 0.05) is 19.1 Å². The topological polar surface area (TPSA) is 164 Å². The maximum Gasteiger partial charge on any atom is 0.293 e. The number of aliphatic hydroxyl groups excluding tert-OH is 3. The van der Waals surface area contributed by atoms with E-state index in [9.17, 15) is 20.1 Å². The van der Waals surface area contributed by atoms with Gasteiger partial charge in [0.1, 0.15) is 30.1 Å². The van der Waals surface area contributed by atoms with E-state index in [2.05, 4.69) is 10.6 Å². The van der Waals surface area contributed by atoms with Crippen molar-refractivity contribution >= 4 is 11.8 Å². The number of anilines is 1. The van der Waals surface area contributed by atoms with Gasteiger partial charge in [-0.3, -0.25) is 9.32 Å². The average Bonchev–Trinajstić information content (AvgIpc) is 3.08. The molecule has 3 rings (SSSR count). The van der Waals surface area contributed by atoms with Gasteiger partial charge in [-0.05, 0) is 16.8 Å². The fourth-order valence-corrected chi connectivity index (χ4v) is 2.76.